The predicted molar refractivity (Wildman–Crippen MR) is 69.5 cm³/mol. The Labute approximate surface area is 119 Å². The zero-order chi connectivity index (χ0) is 15.4. The smallest absolute Gasteiger partial charge is 0.397 e. The van der Waals surface area contributed by atoms with Crippen LogP contribution in [0.15, 0.2) is 0 Å². The molecular weight excluding hydrogens is 295 g/mol. The van der Waals surface area contributed by atoms with Gasteiger partial charge < -0.3 is 10.4 Å². The van der Waals surface area contributed by atoms with Crippen molar-refractivity contribution in [2.45, 2.75) is 44.3 Å². The molecule has 0 unspecified atom stereocenters. The van der Waals surface area contributed by atoms with E-state index in [1.54, 1.807) is 0 Å². The standard InChI is InChI=1S/C12H18F3NO3S/c1-8-2-4-11(5-3-8,10(18)19)16-9(17)6-20-7-12(13,14)15/h8H,2-7H2,1H3,(H,16,17)(H,18,19). The van der Waals surface area contributed by atoms with Crippen molar-refractivity contribution in [3.63, 3.8) is 0 Å². The Balaban J connectivity index is 2.50. The van der Waals surface area contributed by atoms with Gasteiger partial charge in [-0.2, -0.15) is 13.2 Å². The number of carbonyl (C=O) groups excluding carboxylic acids is 1. The normalized spacial score (nSPS) is 27.1. The van der Waals surface area contributed by atoms with E-state index in [0.717, 1.165) is 0 Å². The first-order chi connectivity index (χ1) is 9.15. The maximum Gasteiger partial charge on any atom is 0.397 e. The molecule has 1 fully saturated rings. The van der Waals surface area contributed by atoms with E-state index in [0.29, 0.717) is 43.4 Å². The monoisotopic (exact) mass is 313 g/mol. The maximum atomic E-state index is 12.0. The lowest BCUT2D eigenvalue weighted by molar-refractivity contribution is -0.149. The molecule has 0 aliphatic heterocycles. The minimum Gasteiger partial charge on any atom is -0.480 e. The van der Waals surface area contributed by atoms with E-state index >= 15 is 0 Å². The van der Waals surface area contributed by atoms with Gasteiger partial charge in [-0.1, -0.05) is 6.92 Å². The molecule has 1 aliphatic carbocycles. The van der Waals surface area contributed by atoms with E-state index in [4.69, 9.17) is 0 Å². The molecule has 0 heterocycles. The molecule has 0 aromatic heterocycles. The Morgan fingerprint density at radius 3 is 2.35 bits per heavy atom. The van der Waals surface area contributed by atoms with Gasteiger partial charge in [0.2, 0.25) is 5.91 Å². The van der Waals surface area contributed by atoms with E-state index in [1.807, 2.05) is 6.92 Å². The molecule has 4 nitrogen and oxygen atoms in total. The Bertz CT molecular complexity index is 365. The van der Waals surface area contributed by atoms with Crippen LogP contribution in [0.4, 0.5) is 13.2 Å². The van der Waals surface area contributed by atoms with Crippen molar-refractivity contribution in [2.24, 2.45) is 5.92 Å². The summed E-state index contributed by atoms with van der Waals surface area (Å²) in [5, 5.41) is 11.7. The minimum atomic E-state index is -4.32. The van der Waals surface area contributed by atoms with E-state index in [1.165, 1.54) is 0 Å². The molecule has 0 saturated heterocycles. The zero-order valence-electron chi connectivity index (χ0n) is 11.1. The van der Waals surface area contributed by atoms with Crippen molar-refractivity contribution in [1.82, 2.24) is 5.32 Å². The molecule has 0 atom stereocenters. The van der Waals surface area contributed by atoms with E-state index in [2.05, 4.69) is 5.32 Å². The largest absolute Gasteiger partial charge is 0.480 e. The molecule has 2 N–H and O–H groups in total. The second kappa shape index (κ2) is 6.69. The van der Waals surface area contributed by atoms with Crippen LogP contribution >= 0.6 is 11.8 Å². The van der Waals surface area contributed by atoms with Gasteiger partial charge in [-0.05, 0) is 31.6 Å². The molecule has 20 heavy (non-hydrogen) atoms. The summed E-state index contributed by atoms with van der Waals surface area (Å²) in [6, 6.07) is 0. The fourth-order valence-corrected chi connectivity index (χ4v) is 2.80. The van der Waals surface area contributed by atoms with Crippen molar-refractivity contribution >= 4 is 23.6 Å². The Morgan fingerprint density at radius 2 is 1.90 bits per heavy atom. The third kappa shape index (κ3) is 5.22. The molecule has 0 bridgehead atoms. The van der Waals surface area contributed by atoms with Gasteiger partial charge >= 0.3 is 12.1 Å². The molecule has 1 saturated carbocycles. The highest BCUT2D eigenvalue weighted by molar-refractivity contribution is 8.00. The van der Waals surface area contributed by atoms with Gasteiger partial charge in [0.15, 0.2) is 0 Å². The van der Waals surface area contributed by atoms with Crippen LogP contribution in [0.1, 0.15) is 32.6 Å². The van der Waals surface area contributed by atoms with Gasteiger partial charge in [-0.15, -0.1) is 11.8 Å². The third-order valence-corrected chi connectivity index (χ3v) is 4.41. The summed E-state index contributed by atoms with van der Waals surface area (Å²) in [6.45, 7) is 2.01. The SMILES string of the molecule is CC1CCC(NC(=O)CSCC(F)(F)F)(C(=O)O)CC1. The first-order valence-corrected chi connectivity index (χ1v) is 7.49. The highest BCUT2D eigenvalue weighted by Gasteiger charge is 2.42. The lowest BCUT2D eigenvalue weighted by Gasteiger charge is -2.36. The summed E-state index contributed by atoms with van der Waals surface area (Å²) in [6.07, 6.45) is -2.32. The number of nitrogens with one attached hydrogen (secondary N) is 1. The molecular formula is C12H18F3NO3S. The van der Waals surface area contributed by atoms with Crippen molar-refractivity contribution in [3.8, 4) is 0 Å². The summed E-state index contributed by atoms with van der Waals surface area (Å²) >= 11 is 0.438. The second-order valence-corrected chi connectivity index (χ2v) is 6.21. The lowest BCUT2D eigenvalue weighted by Crippen LogP contribution is -2.56. The van der Waals surface area contributed by atoms with E-state index < -0.39 is 29.3 Å². The van der Waals surface area contributed by atoms with Gasteiger partial charge in [-0.25, -0.2) is 4.79 Å². The van der Waals surface area contributed by atoms with Crippen LogP contribution < -0.4 is 5.32 Å². The number of halogens is 3. The van der Waals surface area contributed by atoms with Crippen molar-refractivity contribution in [1.29, 1.82) is 0 Å². The van der Waals surface area contributed by atoms with Gasteiger partial charge in [0.1, 0.15) is 5.54 Å². The van der Waals surface area contributed by atoms with Crippen LogP contribution in [-0.2, 0) is 9.59 Å². The molecule has 1 aliphatic rings. The number of alkyl halides is 3. The highest BCUT2D eigenvalue weighted by atomic mass is 32.2. The maximum absolute atomic E-state index is 12.0. The van der Waals surface area contributed by atoms with E-state index in [-0.39, 0.29) is 5.75 Å². The lowest BCUT2D eigenvalue weighted by atomic mass is 9.77. The van der Waals surface area contributed by atoms with Gasteiger partial charge in [0.05, 0.1) is 11.5 Å². The Hall–Kier alpha value is -0.920. The molecule has 1 amide bonds. The Morgan fingerprint density at radius 1 is 1.35 bits per heavy atom. The quantitative estimate of drug-likeness (QED) is 0.818. The van der Waals surface area contributed by atoms with Crippen LogP contribution in [0, 0.1) is 5.92 Å². The van der Waals surface area contributed by atoms with Crippen LogP contribution in [0.2, 0.25) is 0 Å². The van der Waals surface area contributed by atoms with Crippen LogP contribution in [0.25, 0.3) is 0 Å². The topological polar surface area (TPSA) is 66.4 Å². The first-order valence-electron chi connectivity index (χ1n) is 6.33. The minimum absolute atomic E-state index is 0.319. The number of rotatable bonds is 5. The average Bonchev–Trinajstić information content (AvgIpc) is 2.30. The second-order valence-electron chi connectivity index (χ2n) is 5.23. The highest BCUT2D eigenvalue weighted by Crippen LogP contribution is 2.32. The fraction of sp³-hybridized carbons (Fsp3) is 0.833. The number of hydrogen-bond acceptors (Lipinski definition) is 3. The van der Waals surface area contributed by atoms with E-state index in [9.17, 15) is 27.9 Å². The van der Waals surface area contributed by atoms with Crippen molar-refractivity contribution < 1.29 is 27.9 Å². The molecule has 0 radical (unpaired) electrons. The zero-order valence-corrected chi connectivity index (χ0v) is 11.9. The summed E-state index contributed by atoms with van der Waals surface area (Å²) in [7, 11) is 0. The molecule has 1 rings (SSSR count). The first kappa shape index (κ1) is 17.1. The molecule has 116 valence electrons. The van der Waals surface area contributed by atoms with Crippen LogP contribution in [0.3, 0.4) is 0 Å². The molecule has 0 aromatic carbocycles. The number of amides is 1. The summed E-state index contributed by atoms with van der Waals surface area (Å²) in [4.78, 5) is 23.0. The third-order valence-electron chi connectivity index (χ3n) is 3.41. The van der Waals surface area contributed by atoms with Gasteiger partial charge in [0.25, 0.3) is 0 Å². The molecule has 0 aromatic rings. The predicted octanol–water partition coefficient (Wildman–Crippen LogP) is 2.43. The number of carboxylic acids is 1. The molecule has 8 heteroatoms. The number of hydrogen-bond donors (Lipinski definition) is 2. The average molecular weight is 313 g/mol. The Kier molecular flexibility index (Phi) is 5.73. The van der Waals surface area contributed by atoms with Gasteiger partial charge in [0, 0.05) is 0 Å². The van der Waals surface area contributed by atoms with Crippen LogP contribution in [0.5, 0.6) is 0 Å². The summed E-state index contributed by atoms with van der Waals surface area (Å²) < 4.78 is 35.9. The van der Waals surface area contributed by atoms with Crippen LogP contribution in [-0.4, -0.2) is 40.2 Å². The number of carboxylic acid groups (broad SMARTS) is 1. The number of thioether (sulfide) groups is 1. The van der Waals surface area contributed by atoms with Crippen molar-refractivity contribution in [2.75, 3.05) is 11.5 Å². The summed E-state index contributed by atoms with van der Waals surface area (Å²) in [5.41, 5.74) is -1.32. The number of aliphatic carboxylic acids is 1. The summed E-state index contributed by atoms with van der Waals surface area (Å²) in [5.74, 6) is -2.87. The fourth-order valence-electron chi connectivity index (χ4n) is 2.21. The van der Waals surface area contributed by atoms with Gasteiger partial charge in [-0.3, -0.25) is 4.79 Å². The molecule has 0 spiro atoms. The van der Waals surface area contributed by atoms with Crippen molar-refractivity contribution in [3.05, 3.63) is 0 Å². The number of carbonyl (C=O) groups is 2.